The van der Waals surface area contributed by atoms with Crippen molar-refractivity contribution in [3.63, 3.8) is 0 Å². The highest BCUT2D eigenvalue weighted by molar-refractivity contribution is 5.33. The summed E-state index contributed by atoms with van der Waals surface area (Å²) in [5, 5.41) is 6.24. The summed E-state index contributed by atoms with van der Waals surface area (Å²) in [6.07, 6.45) is -4.47. The predicted octanol–water partition coefficient (Wildman–Crippen LogP) is 2.89. The zero-order valence-electron chi connectivity index (χ0n) is 8.49. The summed E-state index contributed by atoms with van der Waals surface area (Å²) in [6.45, 7) is 1.76. The van der Waals surface area contributed by atoms with Crippen molar-refractivity contribution in [3.05, 3.63) is 35.4 Å². The molecule has 0 saturated heterocycles. The Morgan fingerprint density at radius 1 is 1.19 bits per heavy atom. The minimum absolute atomic E-state index is 0.0319. The van der Waals surface area contributed by atoms with E-state index in [4.69, 9.17) is 5.73 Å². The van der Waals surface area contributed by atoms with E-state index in [1.54, 1.807) is 19.1 Å². The molecule has 1 unspecified atom stereocenters. The van der Waals surface area contributed by atoms with Gasteiger partial charge >= 0.3 is 11.8 Å². The second-order valence-corrected chi connectivity index (χ2v) is 3.78. The minimum Gasteiger partial charge on any atom is -0.324 e. The van der Waals surface area contributed by atoms with Crippen LogP contribution in [0.5, 0.6) is 0 Å². The maximum atomic E-state index is 12.6. The average molecular weight is 229 g/mol. The van der Waals surface area contributed by atoms with E-state index in [0.29, 0.717) is 0 Å². The fourth-order valence-corrected chi connectivity index (χ4v) is 1.46. The maximum absolute atomic E-state index is 12.6. The zero-order chi connectivity index (χ0) is 12.0. The van der Waals surface area contributed by atoms with Crippen LogP contribution in [0.1, 0.15) is 24.1 Å². The second kappa shape index (κ2) is 3.28. The number of alkyl halides is 3. The van der Waals surface area contributed by atoms with Gasteiger partial charge < -0.3 is 5.73 Å². The molecule has 0 amide bonds. The van der Waals surface area contributed by atoms with E-state index in [1.165, 1.54) is 12.1 Å². The van der Waals surface area contributed by atoms with Crippen LogP contribution in [0.3, 0.4) is 0 Å². The Morgan fingerprint density at radius 3 is 2.00 bits per heavy atom. The number of hydrogen-bond acceptors (Lipinski definition) is 3. The summed E-state index contributed by atoms with van der Waals surface area (Å²) >= 11 is 0. The molecule has 1 atom stereocenters. The van der Waals surface area contributed by atoms with Crippen LogP contribution in [-0.4, -0.2) is 6.18 Å². The third-order valence-corrected chi connectivity index (χ3v) is 2.53. The van der Waals surface area contributed by atoms with Crippen LogP contribution in [0, 0.1) is 0 Å². The molecule has 6 heteroatoms. The predicted molar refractivity (Wildman–Crippen MR) is 51.6 cm³/mol. The Bertz CT molecular complexity index is 414. The van der Waals surface area contributed by atoms with E-state index in [2.05, 4.69) is 10.2 Å². The molecule has 1 heterocycles. The van der Waals surface area contributed by atoms with Gasteiger partial charge in [-0.2, -0.15) is 13.2 Å². The van der Waals surface area contributed by atoms with Gasteiger partial charge in [-0.25, -0.2) is 0 Å². The summed E-state index contributed by atoms with van der Waals surface area (Å²) in [5.74, 6) is 0. The summed E-state index contributed by atoms with van der Waals surface area (Å²) in [4.78, 5) is 0. The molecule has 1 aromatic carbocycles. The van der Waals surface area contributed by atoms with Crippen LogP contribution in [0.4, 0.5) is 13.2 Å². The second-order valence-electron chi connectivity index (χ2n) is 3.78. The Morgan fingerprint density at radius 2 is 1.69 bits per heavy atom. The molecular weight excluding hydrogens is 219 g/mol. The lowest BCUT2D eigenvalue weighted by molar-refractivity contribution is -0.166. The normalized spacial score (nSPS) is 19.6. The lowest BCUT2D eigenvalue weighted by atomic mass is 9.99. The monoisotopic (exact) mass is 229 g/mol. The van der Waals surface area contributed by atoms with Crippen LogP contribution in [0.25, 0.3) is 0 Å². The first-order chi connectivity index (χ1) is 7.37. The molecule has 0 spiro atoms. The molecule has 0 radical (unpaired) electrons. The van der Waals surface area contributed by atoms with E-state index in [0.717, 1.165) is 5.56 Å². The third-order valence-electron chi connectivity index (χ3n) is 2.53. The number of hydrogen-bond donors (Lipinski definition) is 1. The van der Waals surface area contributed by atoms with Crippen molar-refractivity contribution >= 4 is 0 Å². The van der Waals surface area contributed by atoms with Crippen molar-refractivity contribution in [2.24, 2.45) is 16.0 Å². The average Bonchev–Trinajstić information content (AvgIpc) is 2.97. The Kier molecular flexibility index (Phi) is 2.27. The first-order valence-corrected chi connectivity index (χ1v) is 4.73. The van der Waals surface area contributed by atoms with Crippen LogP contribution in [0.2, 0.25) is 0 Å². The number of nitrogens with two attached hydrogens (primary N) is 1. The molecule has 2 N–H and O–H groups in total. The molecule has 1 aliphatic rings. The van der Waals surface area contributed by atoms with Gasteiger partial charge in [0.05, 0.1) is 0 Å². The standard InChI is InChI=1S/C10H10F3N3/c1-6(14)7-2-4-8(5-3-7)9(15-16-9)10(11,12)13/h2-6H,14H2,1H3. The fourth-order valence-electron chi connectivity index (χ4n) is 1.46. The van der Waals surface area contributed by atoms with Crippen molar-refractivity contribution in [2.45, 2.75) is 24.8 Å². The van der Waals surface area contributed by atoms with Crippen molar-refractivity contribution in [1.82, 2.24) is 0 Å². The van der Waals surface area contributed by atoms with Crippen molar-refractivity contribution in [2.75, 3.05) is 0 Å². The summed E-state index contributed by atoms with van der Waals surface area (Å²) in [5.41, 5.74) is 4.09. The van der Waals surface area contributed by atoms with E-state index in [9.17, 15) is 13.2 Å². The molecule has 1 aromatic rings. The Labute approximate surface area is 90.2 Å². The molecule has 0 aliphatic carbocycles. The maximum Gasteiger partial charge on any atom is 0.442 e. The van der Waals surface area contributed by atoms with Gasteiger partial charge in [-0.15, -0.1) is 10.2 Å². The van der Waals surface area contributed by atoms with Gasteiger partial charge in [0.2, 0.25) is 0 Å². The van der Waals surface area contributed by atoms with Crippen molar-refractivity contribution < 1.29 is 13.2 Å². The smallest absolute Gasteiger partial charge is 0.324 e. The van der Waals surface area contributed by atoms with E-state index in [1.807, 2.05) is 0 Å². The molecule has 2 rings (SSSR count). The number of rotatable bonds is 2. The largest absolute Gasteiger partial charge is 0.442 e. The molecule has 16 heavy (non-hydrogen) atoms. The lowest BCUT2D eigenvalue weighted by Gasteiger charge is -2.15. The van der Waals surface area contributed by atoms with Crippen LogP contribution in [0.15, 0.2) is 34.5 Å². The van der Waals surface area contributed by atoms with E-state index < -0.39 is 11.8 Å². The Hall–Kier alpha value is -1.43. The highest BCUT2D eigenvalue weighted by atomic mass is 19.4. The van der Waals surface area contributed by atoms with Gasteiger partial charge in [0.25, 0.3) is 0 Å². The van der Waals surface area contributed by atoms with Gasteiger partial charge in [0.1, 0.15) is 0 Å². The third kappa shape index (κ3) is 1.59. The van der Waals surface area contributed by atoms with Gasteiger partial charge in [-0.05, 0) is 12.5 Å². The zero-order valence-corrected chi connectivity index (χ0v) is 8.49. The minimum atomic E-state index is -4.47. The van der Waals surface area contributed by atoms with Gasteiger partial charge in [-0.1, -0.05) is 24.3 Å². The number of nitrogens with zero attached hydrogens (tertiary/aromatic N) is 2. The molecular formula is C10H10F3N3. The molecule has 0 bridgehead atoms. The quantitative estimate of drug-likeness (QED) is 0.832. The van der Waals surface area contributed by atoms with Gasteiger partial charge in [0, 0.05) is 11.6 Å². The summed E-state index contributed by atoms with van der Waals surface area (Å²) < 4.78 is 37.9. The number of halogens is 3. The fraction of sp³-hybridized carbons (Fsp3) is 0.400. The first-order valence-electron chi connectivity index (χ1n) is 4.73. The molecule has 0 saturated carbocycles. The molecule has 86 valence electrons. The van der Waals surface area contributed by atoms with E-state index >= 15 is 0 Å². The highest BCUT2D eigenvalue weighted by Crippen LogP contribution is 2.52. The van der Waals surface area contributed by atoms with Crippen molar-refractivity contribution in [3.8, 4) is 0 Å². The molecule has 3 nitrogen and oxygen atoms in total. The van der Waals surface area contributed by atoms with Crippen LogP contribution < -0.4 is 5.73 Å². The molecule has 1 aliphatic heterocycles. The first kappa shape index (κ1) is 11.1. The Balaban J connectivity index is 2.30. The van der Waals surface area contributed by atoms with Crippen LogP contribution >= 0.6 is 0 Å². The van der Waals surface area contributed by atoms with Crippen molar-refractivity contribution in [1.29, 1.82) is 0 Å². The van der Waals surface area contributed by atoms with Crippen LogP contribution in [-0.2, 0) is 5.66 Å². The van der Waals surface area contributed by atoms with E-state index in [-0.39, 0.29) is 11.6 Å². The highest BCUT2D eigenvalue weighted by Gasteiger charge is 2.65. The molecule has 0 fully saturated rings. The van der Waals surface area contributed by atoms with Gasteiger partial charge in [-0.3, -0.25) is 0 Å². The molecule has 0 aromatic heterocycles. The number of benzene rings is 1. The summed E-state index contributed by atoms with van der Waals surface area (Å²) in [7, 11) is 0. The SMILES string of the molecule is CC(N)c1ccc(C2(C(F)(F)F)N=N2)cc1. The summed E-state index contributed by atoms with van der Waals surface area (Å²) in [6, 6.07) is 5.66. The topological polar surface area (TPSA) is 50.7 Å². The lowest BCUT2D eigenvalue weighted by Crippen LogP contribution is -2.30. The van der Waals surface area contributed by atoms with Gasteiger partial charge in [0.15, 0.2) is 0 Å².